The smallest absolute Gasteiger partial charge is 0.215 e. The maximum absolute atomic E-state index is 12.4. The number of halogens is 1. The molecule has 0 aromatic carbocycles. The second kappa shape index (κ2) is 13.4. The Hall–Kier alpha value is 0.180. The van der Waals surface area contributed by atoms with Crippen molar-refractivity contribution in [3.63, 3.8) is 0 Å². The van der Waals surface area contributed by atoms with Crippen molar-refractivity contribution in [2.45, 2.75) is 19.9 Å². The summed E-state index contributed by atoms with van der Waals surface area (Å²) in [5.41, 5.74) is 0. The largest absolute Gasteiger partial charge is 0.379 e. The molecule has 0 aliphatic carbocycles. The molecule has 1 atom stereocenters. The van der Waals surface area contributed by atoms with E-state index in [2.05, 4.69) is 27.4 Å². The summed E-state index contributed by atoms with van der Waals surface area (Å²) in [6.07, 6.45) is 0. The number of hydrogen-bond acceptors (Lipinski definition) is 6. The van der Waals surface area contributed by atoms with Crippen LogP contribution in [-0.2, 0) is 14.8 Å². The number of hydrogen-bond donors (Lipinski definition) is 2. The lowest BCUT2D eigenvalue weighted by atomic mass is 10.2. The first-order valence-corrected chi connectivity index (χ1v) is 12.2. The van der Waals surface area contributed by atoms with Gasteiger partial charge >= 0.3 is 0 Å². The van der Waals surface area contributed by atoms with Crippen LogP contribution in [0.4, 0.5) is 0 Å². The van der Waals surface area contributed by atoms with Gasteiger partial charge in [0.1, 0.15) is 0 Å². The van der Waals surface area contributed by atoms with Crippen molar-refractivity contribution >= 4 is 51.7 Å². The number of morpholine rings is 1. The van der Waals surface area contributed by atoms with Gasteiger partial charge in [0.2, 0.25) is 10.0 Å². The van der Waals surface area contributed by atoms with Gasteiger partial charge in [-0.3, -0.25) is 9.89 Å². The SMILES string of the molecule is CCNC(=NCC(C)N1CCOCC1)NCCS(=O)(=O)N1CCSCC1.I. The van der Waals surface area contributed by atoms with Gasteiger partial charge in [0.05, 0.1) is 25.5 Å². The first-order chi connectivity index (χ1) is 12.5. The first kappa shape index (κ1) is 25.2. The lowest BCUT2D eigenvalue weighted by Crippen LogP contribution is -2.46. The van der Waals surface area contributed by atoms with Crippen LogP contribution in [0.3, 0.4) is 0 Å². The van der Waals surface area contributed by atoms with Gasteiger partial charge in [-0.1, -0.05) is 0 Å². The highest BCUT2D eigenvalue weighted by Crippen LogP contribution is 2.13. The van der Waals surface area contributed by atoms with Gasteiger partial charge in [-0.2, -0.15) is 11.8 Å². The molecule has 2 fully saturated rings. The Balaban J connectivity index is 0.00000364. The molecule has 0 amide bonds. The zero-order valence-electron chi connectivity index (χ0n) is 16.4. The zero-order valence-corrected chi connectivity index (χ0v) is 20.3. The number of rotatable bonds is 8. The summed E-state index contributed by atoms with van der Waals surface area (Å²) in [6.45, 7) is 10.6. The third kappa shape index (κ3) is 9.03. The van der Waals surface area contributed by atoms with Gasteiger partial charge in [-0.05, 0) is 13.8 Å². The Morgan fingerprint density at radius 2 is 1.85 bits per heavy atom. The van der Waals surface area contributed by atoms with Gasteiger partial charge in [0, 0.05) is 56.8 Å². The number of aliphatic imine (C=N–C) groups is 1. The first-order valence-electron chi connectivity index (χ1n) is 9.42. The Kier molecular flexibility index (Phi) is 12.5. The Bertz CT molecular complexity index is 538. The molecule has 2 aliphatic rings. The minimum absolute atomic E-state index is 0. The molecule has 1 unspecified atom stereocenters. The minimum Gasteiger partial charge on any atom is -0.379 e. The lowest BCUT2D eigenvalue weighted by molar-refractivity contribution is 0.0220. The highest BCUT2D eigenvalue weighted by atomic mass is 127. The van der Waals surface area contributed by atoms with E-state index in [9.17, 15) is 8.42 Å². The van der Waals surface area contributed by atoms with Crippen LogP contribution >= 0.6 is 35.7 Å². The summed E-state index contributed by atoms with van der Waals surface area (Å²) < 4.78 is 31.8. The van der Waals surface area contributed by atoms with Crippen LogP contribution in [0.25, 0.3) is 0 Å². The van der Waals surface area contributed by atoms with Crippen molar-refractivity contribution in [3.05, 3.63) is 0 Å². The molecular weight excluding hydrogens is 501 g/mol. The standard InChI is InChI=1S/C16H33N5O3S2.HI/c1-3-17-16(19-14-15(2)20-5-9-24-10-6-20)18-4-13-26(22,23)21-7-11-25-12-8-21;/h15H,3-14H2,1-2H3,(H2,17,18,19);1H. The summed E-state index contributed by atoms with van der Waals surface area (Å²) in [5.74, 6) is 2.55. The molecule has 0 aromatic heterocycles. The summed E-state index contributed by atoms with van der Waals surface area (Å²) >= 11 is 1.81. The Morgan fingerprint density at radius 1 is 1.19 bits per heavy atom. The molecule has 0 bridgehead atoms. The molecule has 0 saturated carbocycles. The van der Waals surface area contributed by atoms with Gasteiger partial charge in [0.15, 0.2) is 5.96 Å². The van der Waals surface area contributed by atoms with Crippen LogP contribution in [-0.4, -0.2) is 106 Å². The normalized spacial score (nSPS) is 21.3. The van der Waals surface area contributed by atoms with E-state index in [1.54, 1.807) is 4.31 Å². The molecule has 11 heteroatoms. The molecule has 0 spiro atoms. The Labute approximate surface area is 185 Å². The van der Waals surface area contributed by atoms with Crippen molar-refractivity contribution in [2.75, 3.05) is 76.3 Å². The number of sulfonamides is 1. The average molecular weight is 536 g/mol. The van der Waals surface area contributed by atoms with Crippen LogP contribution in [0.15, 0.2) is 4.99 Å². The summed E-state index contributed by atoms with van der Waals surface area (Å²) in [5, 5.41) is 6.35. The van der Waals surface area contributed by atoms with Gasteiger partial charge in [-0.15, -0.1) is 24.0 Å². The Morgan fingerprint density at radius 3 is 2.48 bits per heavy atom. The third-order valence-corrected chi connectivity index (χ3v) is 7.36. The highest BCUT2D eigenvalue weighted by Gasteiger charge is 2.23. The second-order valence-electron chi connectivity index (χ2n) is 6.47. The maximum Gasteiger partial charge on any atom is 0.215 e. The highest BCUT2D eigenvalue weighted by molar-refractivity contribution is 14.0. The fourth-order valence-corrected chi connectivity index (χ4v) is 5.44. The molecule has 0 radical (unpaired) electrons. The second-order valence-corrected chi connectivity index (χ2v) is 9.78. The molecule has 8 nitrogen and oxygen atoms in total. The summed E-state index contributed by atoms with van der Waals surface area (Å²) in [7, 11) is -3.19. The van der Waals surface area contributed by atoms with Crippen molar-refractivity contribution in [3.8, 4) is 0 Å². The van der Waals surface area contributed by atoms with E-state index in [1.165, 1.54) is 0 Å². The molecule has 2 saturated heterocycles. The molecule has 0 aromatic rings. The molecular formula is C16H34IN5O3S2. The molecule has 2 N–H and O–H groups in total. The minimum atomic E-state index is -3.19. The van der Waals surface area contributed by atoms with E-state index in [0.29, 0.717) is 38.2 Å². The van der Waals surface area contributed by atoms with Crippen molar-refractivity contribution < 1.29 is 13.2 Å². The van der Waals surface area contributed by atoms with Gasteiger partial charge in [0.25, 0.3) is 0 Å². The fraction of sp³-hybridized carbons (Fsp3) is 0.938. The zero-order chi connectivity index (χ0) is 18.8. The van der Waals surface area contributed by atoms with E-state index >= 15 is 0 Å². The monoisotopic (exact) mass is 535 g/mol. The summed E-state index contributed by atoms with van der Waals surface area (Å²) in [4.78, 5) is 6.99. The van der Waals surface area contributed by atoms with E-state index in [0.717, 1.165) is 44.4 Å². The van der Waals surface area contributed by atoms with E-state index in [4.69, 9.17) is 4.74 Å². The van der Waals surface area contributed by atoms with Gasteiger partial charge in [-0.25, -0.2) is 12.7 Å². The predicted molar refractivity (Wildman–Crippen MR) is 124 cm³/mol. The molecule has 27 heavy (non-hydrogen) atoms. The number of thioether (sulfide) groups is 1. The van der Waals surface area contributed by atoms with E-state index in [-0.39, 0.29) is 29.7 Å². The number of nitrogens with zero attached hydrogens (tertiary/aromatic N) is 3. The topological polar surface area (TPSA) is 86.3 Å². The quantitative estimate of drug-likeness (QED) is 0.262. The fourth-order valence-electron chi connectivity index (χ4n) is 2.95. The van der Waals surface area contributed by atoms with E-state index in [1.807, 2.05) is 18.7 Å². The van der Waals surface area contributed by atoms with Crippen molar-refractivity contribution in [2.24, 2.45) is 4.99 Å². The van der Waals surface area contributed by atoms with Crippen molar-refractivity contribution in [1.82, 2.24) is 19.8 Å². The van der Waals surface area contributed by atoms with Gasteiger partial charge < -0.3 is 15.4 Å². The number of ether oxygens (including phenoxy) is 1. The third-order valence-electron chi connectivity index (χ3n) is 4.54. The average Bonchev–Trinajstić information content (AvgIpc) is 2.67. The predicted octanol–water partition coefficient (Wildman–Crippen LogP) is 0.259. The van der Waals surface area contributed by atoms with Crippen molar-refractivity contribution in [1.29, 1.82) is 0 Å². The molecule has 2 aliphatic heterocycles. The van der Waals surface area contributed by atoms with Crippen LogP contribution < -0.4 is 10.6 Å². The summed E-state index contributed by atoms with van der Waals surface area (Å²) in [6, 6.07) is 0.337. The van der Waals surface area contributed by atoms with Crippen LogP contribution in [0.5, 0.6) is 0 Å². The number of nitrogens with one attached hydrogen (secondary N) is 2. The molecule has 2 heterocycles. The van der Waals surface area contributed by atoms with Crippen LogP contribution in [0, 0.1) is 0 Å². The maximum atomic E-state index is 12.4. The van der Waals surface area contributed by atoms with Crippen LogP contribution in [0.2, 0.25) is 0 Å². The molecule has 2 rings (SSSR count). The van der Waals surface area contributed by atoms with Crippen LogP contribution in [0.1, 0.15) is 13.8 Å². The lowest BCUT2D eigenvalue weighted by Gasteiger charge is -2.31. The number of guanidine groups is 1. The van der Waals surface area contributed by atoms with E-state index < -0.39 is 10.0 Å². The molecule has 160 valence electrons.